The first-order valence-corrected chi connectivity index (χ1v) is 9.86. The molecule has 6 atom stereocenters. The minimum Gasteiger partial charge on any atom is -0.364 e. The van der Waals surface area contributed by atoms with Crippen LogP contribution < -0.4 is 0 Å². The first-order chi connectivity index (χ1) is 10.9. The summed E-state index contributed by atoms with van der Waals surface area (Å²) in [6, 6.07) is 0. The lowest BCUT2D eigenvalue weighted by atomic mass is 9.41. The van der Waals surface area contributed by atoms with E-state index in [9.17, 15) is 4.91 Å². The number of rotatable bonds is 3. The maximum absolute atomic E-state index is 10.4. The van der Waals surface area contributed by atoms with E-state index in [-0.39, 0.29) is 0 Å². The monoisotopic (exact) mass is 319 g/mol. The highest BCUT2D eigenvalue weighted by atomic mass is 16.7. The molecule has 0 aromatic heterocycles. The van der Waals surface area contributed by atoms with E-state index in [4.69, 9.17) is 4.84 Å². The molecule has 0 aromatic carbocycles. The van der Waals surface area contributed by atoms with Crippen molar-refractivity contribution in [2.75, 3.05) is 6.61 Å². The number of fused-ring (bicyclic) bond motifs is 3. The number of hydrogen-bond acceptors (Lipinski definition) is 3. The van der Waals surface area contributed by atoms with Crippen LogP contribution in [0.3, 0.4) is 0 Å². The van der Waals surface area contributed by atoms with Crippen LogP contribution in [0.15, 0.2) is 5.34 Å². The summed E-state index contributed by atoms with van der Waals surface area (Å²) in [6.45, 7) is 8.26. The molecule has 130 valence electrons. The topological polar surface area (TPSA) is 38.7 Å². The largest absolute Gasteiger partial charge is 0.364 e. The predicted molar refractivity (Wildman–Crippen MR) is 91.6 cm³/mol. The standard InChI is InChI=1S/C20H33NO2/c1-18(2)8-4-9-19(3)16(18)7-10-20-11-14(5-6-17(19)20)15(12-20)13-23-21-22/h14-17H,4-13H2,1-3H3/t14-,15-,16-,17+,19-,20+/m1/s1. The Kier molecular flexibility index (Phi) is 3.59. The maximum atomic E-state index is 10.4. The molecule has 4 rings (SSSR count). The molecule has 0 aliphatic heterocycles. The normalized spacial score (nSPS) is 50.7. The van der Waals surface area contributed by atoms with Crippen molar-refractivity contribution in [3.8, 4) is 0 Å². The van der Waals surface area contributed by atoms with Crippen molar-refractivity contribution >= 4 is 0 Å². The van der Waals surface area contributed by atoms with Gasteiger partial charge in [0.2, 0.25) is 0 Å². The second-order valence-corrected chi connectivity index (χ2v) is 10.2. The zero-order valence-corrected chi connectivity index (χ0v) is 15.1. The van der Waals surface area contributed by atoms with Crippen LogP contribution in [0.1, 0.15) is 78.6 Å². The van der Waals surface area contributed by atoms with E-state index in [1.54, 1.807) is 0 Å². The maximum Gasteiger partial charge on any atom is 0.155 e. The van der Waals surface area contributed by atoms with Gasteiger partial charge in [0.05, 0.1) is 0 Å². The molecular weight excluding hydrogens is 286 g/mol. The highest BCUT2D eigenvalue weighted by Crippen LogP contribution is 2.72. The second-order valence-electron chi connectivity index (χ2n) is 10.2. The quantitative estimate of drug-likeness (QED) is 0.492. The first-order valence-electron chi connectivity index (χ1n) is 9.86. The minimum absolute atomic E-state index is 0.522. The van der Waals surface area contributed by atoms with Crippen molar-refractivity contribution in [2.45, 2.75) is 78.6 Å². The average molecular weight is 319 g/mol. The summed E-state index contributed by atoms with van der Waals surface area (Å²) in [7, 11) is 0. The highest BCUT2D eigenvalue weighted by molar-refractivity contribution is 5.13. The van der Waals surface area contributed by atoms with Crippen LogP contribution in [0.4, 0.5) is 0 Å². The summed E-state index contributed by atoms with van der Waals surface area (Å²) in [5.74, 6) is 3.17. The van der Waals surface area contributed by atoms with Crippen molar-refractivity contribution < 1.29 is 4.84 Å². The van der Waals surface area contributed by atoms with E-state index in [2.05, 4.69) is 26.1 Å². The fraction of sp³-hybridized carbons (Fsp3) is 1.00. The summed E-state index contributed by atoms with van der Waals surface area (Å²) in [6.07, 6.45) is 12.6. The smallest absolute Gasteiger partial charge is 0.155 e. The third-order valence-electron chi connectivity index (χ3n) is 8.91. The van der Waals surface area contributed by atoms with Crippen molar-refractivity contribution in [3.63, 3.8) is 0 Å². The van der Waals surface area contributed by atoms with Gasteiger partial charge in [-0.15, -0.1) is 4.91 Å². The molecule has 0 unspecified atom stereocenters. The van der Waals surface area contributed by atoms with Gasteiger partial charge in [0, 0.05) is 0 Å². The molecule has 0 heterocycles. The molecule has 0 saturated heterocycles. The van der Waals surface area contributed by atoms with E-state index < -0.39 is 0 Å². The average Bonchev–Trinajstić information content (AvgIpc) is 2.74. The third kappa shape index (κ3) is 2.21. The molecule has 23 heavy (non-hydrogen) atoms. The highest BCUT2D eigenvalue weighted by Gasteiger charge is 2.63. The molecule has 4 fully saturated rings. The van der Waals surface area contributed by atoms with Crippen molar-refractivity contribution in [1.82, 2.24) is 0 Å². The third-order valence-corrected chi connectivity index (χ3v) is 8.91. The fourth-order valence-corrected chi connectivity index (χ4v) is 8.23. The predicted octanol–water partition coefficient (Wildman–Crippen LogP) is 5.73. The summed E-state index contributed by atoms with van der Waals surface area (Å²) < 4.78 is 0. The molecule has 0 aromatic rings. The van der Waals surface area contributed by atoms with E-state index in [0.29, 0.717) is 28.8 Å². The van der Waals surface area contributed by atoms with Gasteiger partial charge in [-0.05, 0) is 91.3 Å². The molecule has 0 N–H and O–H groups in total. The van der Waals surface area contributed by atoms with Crippen LogP contribution in [0.2, 0.25) is 0 Å². The van der Waals surface area contributed by atoms with Crippen LogP contribution in [0.25, 0.3) is 0 Å². The summed E-state index contributed by atoms with van der Waals surface area (Å²) in [4.78, 5) is 15.3. The molecule has 0 amide bonds. The van der Waals surface area contributed by atoms with Gasteiger partial charge in [0.1, 0.15) is 6.61 Å². The summed E-state index contributed by atoms with van der Waals surface area (Å²) in [5, 5.41) is 2.66. The number of hydrogen-bond donors (Lipinski definition) is 0. The molecule has 3 nitrogen and oxygen atoms in total. The lowest BCUT2D eigenvalue weighted by molar-refractivity contribution is -0.144. The Labute approximate surface area is 140 Å². The van der Waals surface area contributed by atoms with E-state index >= 15 is 0 Å². The summed E-state index contributed by atoms with van der Waals surface area (Å²) >= 11 is 0. The van der Waals surface area contributed by atoms with Gasteiger partial charge >= 0.3 is 0 Å². The molecule has 4 saturated carbocycles. The van der Waals surface area contributed by atoms with E-state index in [1.165, 1.54) is 57.8 Å². The molecule has 2 bridgehead atoms. The SMILES string of the molecule is CC1(C)CCC[C@]2(C)[C@@H]1CC[C@@]13C[C@@H](CC[C@H]12)[C@@H](CON=O)C3. The van der Waals surface area contributed by atoms with Crippen LogP contribution in [-0.4, -0.2) is 6.61 Å². The van der Waals surface area contributed by atoms with E-state index in [1.807, 2.05) is 0 Å². The van der Waals surface area contributed by atoms with E-state index in [0.717, 1.165) is 17.8 Å². The van der Waals surface area contributed by atoms with Gasteiger partial charge in [-0.3, -0.25) is 0 Å². The van der Waals surface area contributed by atoms with Gasteiger partial charge in [-0.1, -0.05) is 27.2 Å². The van der Waals surface area contributed by atoms with Crippen LogP contribution >= 0.6 is 0 Å². The van der Waals surface area contributed by atoms with Crippen LogP contribution in [-0.2, 0) is 4.84 Å². The minimum atomic E-state index is 0.522. The molecule has 4 aliphatic rings. The van der Waals surface area contributed by atoms with Gasteiger partial charge in [-0.2, -0.15) is 0 Å². The van der Waals surface area contributed by atoms with Crippen LogP contribution in [0.5, 0.6) is 0 Å². The van der Waals surface area contributed by atoms with Gasteiger partial charge in [0.15, 0.2) is 5.34 Å². The van der Waals surface area contributed by atoms with Gasteiger partial charge in [0.25, 0.3) is 0 Å². The molecule has 1 spiro atoms. The van der Waals surface area contributed by atoms with Gasteiger partial charge in [-0.25, -0.2) is 0 Å². The Morgan fingerprint density at radius 1 is 1.00 bits per heavy atom. The first kappa shape index (κ1) is 15.9. The lowest BCUT2D eigenvalue weighted by Crippen LogP contribution is -2.55. The Morgan fingerprint density at radius 3 is 2.61 bits per heavy atom. The lowest BCUT2D eigenvalue weighted by Gasteiger charge is -2.64. The zero-order valence-electron chi connectivity index (χ0n) is 15.1. The molecule has 4 aliphatic carbocycles. The number of nitrogens with zero attached hydrogens (tertiary/aromatic N) is 1. The molecular formula is C20H33NO2. The second kappa shape index (κ2) is 5.20. The zero-order chi connectivity index (χ0) is 16.3. The van der Waals surface area contributed by atoms with Crippen molar-refractivity contribution in [3.05, 3.63) is 4.91 Å². The Bertz CT molecular complexity index is 490. The Balaban J connectivity index is 1.62. The molecule has 0 radical (unpaired) electrons. The molecule has 3 heteroatoms. The van der Waals surface area contributed by atoms with Crippen molar-refractivity contribution in [2.24, 2.45) is 45.3 Å². The fourth-order valence-electron chi connectivity index (χ4n) is 8.23. The Hall–Kier alpha value is -0.600. The Morgan fingerprint density at radius 2 is 1.83 bits per heavy atom. The van der Waals surface area contributed by atoms with Gasteiger partial charge < -0.3 is 4.84 Å². The summed E-state index contributed by atoms with van der Waals surface area (Å²) in [5.41, 5.74) is 1.62. The van der Waals surface area contributed by atoms with Crippen LogP contribution in [0, 0.1) is 44.8 Å². The van der Waals surface area contributed by atoms with Crippen molar-refractivity contribution in [1.29, 1.82) is 0 Å².